The van der Waals surface area contributed by atoms with Crippen LogP contribution in [0, 0.1) is 52.7 Å². The summed E-state index contributed by atoms with van der Waals surface area (Å²) >= 11 is 0. The van der Waals surface area contributed by atoms with E-state index in [2.05, 4.69) is 4.18 Å². The van der Waals surface area contributed by atoms with E-state index in [1.807, 2.05) is 0 Å². The highest BCUT2D eigenvalue weighted by molar-refractivity contribution is 7.92. The Morgan fingerprint density at radius 2 is 0.712 bits per heavy atom. The summed E-state index contributed by atoms with van der Waals surface area (Å²) in [7, 11) is -14.1. The Morgan fingerprint density at radius 3 is 1.00 bits per heavy atom. The van der Waals surface area contributed by atoms with Crippen LogP contribution in [-0.4, -0.2) is 150 Å². The number of benzene rings is 6. The molecule has 6 aromatic rings. The van der Waals surface area contributed by atoms with Gasteiger partial charge in [-0.25, -0.2) is 51.6 Å². The van der Waals surface area contributed by atoms with Crippen molar-refractivity contribution in [3.05, 3.63) is 194 Å². The second kappa shape index (κ2) is 33.6. The Labute approximate surface area is 632 Å². The van der Waals surface area contributed by atoms with E-state index in [-0.39, 0.29) is 185 Å². The number of ether oxygens (including phenoxy) is 6. The van der Waals surface area contributed by atoms with Crippen LogP contribution in [0.2, 0.25) is 0 Å². The summed E-state index contributed by atoms with van der Waals surface area (Å²) in [5.41, 5.74) is -4.15. The zero-order chi connectivity index (χ0) is 80.5. The van der Waals surface area contributed by atoms with Crippen molar-refractivity contribution in [2.75, 3.05) is 87.9 Å². The lowest BCUT2D eigenvalue weighted by atomic mass is 9.60. The average Bonchev–Trinajstić information content (AvgIpc) is 1.38. The lowest BCUT2D eigenvalue weighted by Gasteiger charge is -2.51. The van der Waals surface area contributed by atoms with Crippen LogP contribution in [0.15, 0.2) is 109 Å². The standard InChI is InChI=1S/C26H29F5O7S2.C25H27F5O5S.C25H25F5O4S/c1-39(32,33)38-11-2-13-40(34,35)14-9-22-19-16-37-24-21(28)8-7-20(27)23(24)25(19,10-12-36-22)15-17-3-5-18(6-4-17)26(29,30)31;26-19-6-7-20(27)23-22(19)24(14-16-2-4-17(5-3-16)25(28,29)30)9-11-34-21(18(24)15-35-23)8-13-36(32,33)12-1-10-31;26-19-7-8-20(27)23-22(19)24(13-15-1-3-16(4-2-15)25(28,29)30)10-11-33-21(18(24)14-34-23)9-12-35(31,32)17-5-6-17/h3-8,19,22H,2,9-16H2,1H3;2-7,18,21,31H,1,8-15H2;1-4,7-8,17-18,21H,5-6,9-14H2/t19-,22-,25-;2*18-,21-,24-/m000/s1. The number of aliphatic hydroxyl groups excluding tert-OH is 1. The first-order valence-electron chi connectivity index (χ1n) is 35.8. The molecule has 6 aromatic carbocycles. The van der Waals surface area contributed by atoms with Crippen molar-refractivity contribution in [3.8, 4) is 17.2 Å². The molecule has 610 valence electrons. The van der Waals surface area contributed by atoms with Gasteiger partial charge in [0.1, 0.15) is 17.5 Å². The first kappa shape index (κ1) is 85.2. The van der Waals surface area contributed by atoms with Crippen molar-refractivity contribution in [1.82, 2.24) is 0 Å². The molecular weight excluding hydrogens is 1580 g/mol. The van der Waals surface area contributed by atoms with E-state index in [1.54, 1.807) is 0 Å². The lowest BCUT2D eigenvalue weighted by Crippen LogP contribution is -2.55. The molecule has 0 aromatic heterocycles. The topological polar surface area (TPSA) is 221 Å². The summed E-state index contributed by atoms with van der Waals surface area (Å²) in [6, 6.07) is 19.5. The number of halogens is 15. The van der Waals surface area contributed by atoms with Gasteiger partial charge in [0.15, 0.2) is 64.2 Å². The Kier molecular flexibility index (Phi) is 25.8. The second-order valence-corrected chi connectivity index (χ2v) is 37.9. The van der Waals surface area contributed by atoms with Crippen LogP contribution >= 0.6 is 0 Å². The van der Waals surface area contributed by atoms with Crippen LogP contribution < -0.4 is 14.2 Å². The molecule has 3 saturated heterocycles. The first-order valence-corrected chi connectivity index (χ1v) is 43.0. The van der Waals surface area contributed by atoms with Gasteiger partial charge in [0.25, 0.3) is 10.1 Å². The summed E-state index contributed by atoms with van der Waals surface area (Å²) < 4.78 is 344. The number of alkyl halides is 9. The van der Waals surface area contributed by atoms with Crippen LogP contribution in [0.5, 0.6) is 17.2 Å². The van der Waals surface area contributed by atoms with Crippen molar-refractivity contribution in [2.24, 2.45) is 17.8 Å². The maximum Gasteiger partial charge on any atom is 0.416 e. The molecule has 7 aliphatic rings. The minimum atomic E-state index is -4.54. The van der Waals surface area contributed by atoms with Crippen LogP contribution in [0.1, 0.15) is 114 Å². The van der Waals surface area contributed by atoms with Gasteiger partial charge in [0.05, 0.1) is 102 Å². The fraction of sp³-hybridized carbons (Fsp3) is 0.526. The summed E-state index contributed by atoms with van der Waals surface area (Å²) in [6.45, 7) is -0.327. The van der Waals surface area contributed by atoms with Crippen LogP contribution in [0.4, 0.5) is 65.9 Å². The molecule has 1 saturated carbocycles. The first-order chi connectivity index (χ1) is 52.1. The smallest absolute Gasteiger partial charge is 0.416 e. The lowest BCUT2D eigenvalue weighted by molar-refractivity contribution is -0.138. The monoisotopic (exact) mass is 1660 g/mol. The van der Waals surface area contributed by atoms with Crippen LogP contribution in [-0.2, 0) is 112 Å². The molecule has 111 heavy (non-hydrogen) atoms. The summed E-state index contributed by atoms with van der Waals surface area (Å²) in [5.74, 6) is -7.82. The minimum absolute atomic E-state index is 0.00429. The van der Waals surface area contributed by atoms with Gasteiger partial charge in [0.2, 0.25) is 0 Å². The van der Waals surface area contributed by atoms with Gasteiger partial charge in [-0.05, 0) is 173 Å². The maximum atomic E-state index is 15.4. The number of sulfone groups is 3. The minimum Gasteiger partial charge on any atom is -0.490 e. The average molecular weight is 1660 g/mol. The van der Waals surface area contributed by atoms with Crippen molar-refractivity contribution in [3.63, 3.8) is 0 Å². The van der Waals surface area contributed by atoms with Gasteiger partial charge in [-0.2, -0.15) is 47.9 Å². The molecule has 0 amide bonds. The zero-order valence-electron chi connectivity index (χ0n) is 59.7. The molecular formula is C76H81F15O16S4. The molecule has 0 unspecified atom stereocenters. The largest absolute Gasteiger partial charge is 0.490 e. The van der Waals surface area contributed by atoms with Crippen molar-refractivity contribution < 1.29 is 137 Å². The third kappa shape index (κ3) is 19.6. The van der Waals surface area contributed by atoms with E-state index >= 15 is 13.2 Å². The van der Waals surface area contributed by atoms with Gasteiger partial charge < -0.3 is 33.5 Å². The number of fused-ring (bicyclic) bond motifs is 9. The van der Waals surface area contributed by atoms with E-state index in [0.29, 0.717) is 36.0 Å². The molecule has 0 spiro atoms. The Bertz CT molecular complexity index is 4760. The highest BCUT2D eigenvalue weighted by Crippen LogP contribution is 2.57. The van der Waals surface area contributed by atoms with Crippen molar-refractivity contribution in [1.29, 1.82) is 0 Å². The molecule has 1 aliphatic carbocycles. The molecule has 16 nitrogen and oxygen atoms in total. The number of rotatable bonds is 24. The van der Waals surface area contributed by atoms with Gasteiger partial charge in [0, 0.05) is 77.1 Å². The predicted octanol–water partition coefficient (Wildman–Crippen LogP) is 14.1. The van der Waals surface area contributed by atoms with E-state index in [9.17, 15) is 86.4 Å². The Balaban J connectivity index is 0.000000165. The van der Waals surface area contributed by atoms with Crippen LogP contribution in [0.25, 0.3) is 0 Å². The summed E-state index contributed by atoms with van der Waals surface area (Å²) in [6.07, 6.45) is -11.9. The Morgan fingerprint density at radius 1 is 0.414 bits per heavy atom. The summed E-state index contributed by atoms with van der Waals surface area (Å²) in [4.78, 5) is 0. The summed E-state index contributed by atoms with van der Waals surface area (Å²) in [5, 5.41) is 8.62. The maximum absolute atomic E-state index is 15.4. The molecule has 35 heteroatoms. The van der Waals surface area contributed by atoms with Gasteiger partial charge in [-0.15, -0.1) is 0 Å². The molecule has 4 fully saturated rings. The molecule has 1 N–H and O–H groups in total. The SMILES string of the molecule is CS(=O)(=O)OCCCS(=O)(=O)CC[C@@H]1OCC[C@@]2(Cc3ccc(C(F)(F)F)cc3)c3c(F)ccc(F)c3OC[C@@H]12.O=S(=O)(CCCO)CC[C@@H]1OCC[C@@]2(Cc3ccc(C(F)(F)F)cc3)c3c(F)ccc(F)c3OC[C@@H]12.O=S(=O)(CC[C@@H]1OCC[C@@]2(Cc3ccc(C(F)(F)F)cc3)c3c(F)ccc(F)c3OC[C@@H]12)C1CC1. The highest BCUT2D eigenvalue weighted by Gasteiger charge is 2.57. The van der Waals surface area contributed by atoms with Gasteiger partial charge in [-0.3, -0.25) is 4.18 Å². The van der Waals surface area contributed by atoms with E-state index < -0.39 is 162 Å². The molecule has 6 heterocycles. The molecule has 0 bridgehead atoms. The van der Waals surface area contributed by atoms with Gasteiger partial charge in [-0.1, -0.05) is 36.4 Å². The van der Waals surface area contributed by atoms with Crippen molar-refractivity contribution in [2.45, 2.75) is 142 Å². The second-order valence-electron chi connectivity index (χ2n) is 29.2. The molecule has 6 aliphatic heterocycles. The predicted molar refractivity (Wildman–Crippen MR) is 375 cm³/mol. The van der Waals surface area contributed by atoms with Crippen molar-refractivity contribution >= 4 is 39.6 Å². The third-order valence-corrected chi connectivity index (χ3v) is 28.5. The van der Waals surface area contributed by atoms with Crippen LogP contribution in [0.3, 0.4) is 0 Å². The normalized spacial score (nSPS) is 24.5. The molecule has 9 atom stereocenters. The number of aliphatic hydroxyl groups is 1. The molecule has 0 radical (unpaired) electrons. The number of hydrogen-bond acceptors (Lipinski definition) is 16. The Hall–Kier alpha value is -6.73. The van der Waals surface area contributed by atoms with E-state index in [1.165, 1.54) is 36.4 Å². The number of hydrogen-bond donors (Lipinski definition) is 1. The van der Waals surface area contributed by atoms with E-state index in [4.69, 9.17) is 33.5 Å². The third-order valence-electron chi connectivity index (χ3n) is 22.1. The molecule has 13 rings (SSSR count). The van der Waals surface area contributed by atoms with Gasteiger partial charge >= 0.3 is 18.5 Å². The fourth-order valence-corrected chi connectivity index (χ4v) is 21.5. The highest BCUT2D eigenvalue weighted by atomic mass is 32.2. The fourth-order valence-electron chi connectivity index (χ4n) is 16.6. The zero-order valence-corrected chi connectivity index (χ0v) is 63.0. The quantitative estimate of drug-likeness (QED) is 0.0338. The van der Waals surface area contributed by atoms with E-state index in [0.717, 1.165) is 79.1 Å².